The van der Waals surface area contributed by atoms with Crippen LogP contribution in [0.1, 0.15) is 25.3 Å². The number of nitrogens with two attached hydrogens (primary N) is 1. The number of aryl methyl sites for hydroxylation is 1. The van der Waals surface area contributed by atoms with Crippen LogP contribution in [0.15, 0.2) is 5.38 Å². The number of hydrogen-bond donors (Lipinski definition) is 1. The van der Waals surface area contributed by atoms with Crippen LogP contribution in [0, 0.1) is 12.3 Å². The molecule has 4 nitrogen and oxygen atoms in total. The lowest BCUT2D eigenvalue weighted by Gasteiger charge is -2.20. The third-order valence-corrected chi connectivity index (χ3v) is 5.24. The summed E-state index contributed by atoms with van der Waals surface area (Å²) in [5.74, 6) is 0.606. The third kappa shape index (κ3) is 2.34. The molecule has 1 aliphatic heterocycles. The molecule has 3 rings (SSSR count). The van der Waals surface area contributed by atoms with Gasteiger partial charge in [-0.3, -0.25) is 0 Å². The van der Waals surface area contributed by atoms with E-state index in [1.165, 1.54) is 23.0 Å². The summed E-state index contributed by atoms with van der Waals surface area (Å²) in [4.78, 5) is 6.96. The first-order valence-corrected chi connectivity index (χ1v) is 8.04. The van der Waals surface area contributed by atoms with E-state index in [-0.39, 0.29) is 0 Å². The zero-order chi connectivity index (χ0) is 13.6. The topological polar surface area (TPSA) is 55.0 Å². The molecule has 0 saturated carbocycles. The van der Waals surface area contributed by atoms with E-state index < -0.39 is 0 Å². The lowest BCUT2D eigenvalue weighted by atomic mass is 9.93. The molecule has 0 radical (unpaired) electrons. The fourth-order valence-electron chi connectivity index (χ4n) is 2.51. The van der Waals surface area contributed by atoms with Crippen LogP contribution in [0.2, 0.25) is 0 Å². The summed E-state index contributed by atoms with van der Waals surface area (Å²) in [7, 11) is 0. The van der Waals surface area contributed by atoms with Gasteiger partial charge >= 0.3 is 0 Å². The highest BCUT2D eigenvalue weighted by molar-refractivity contribution is 7.11. The van der Waals surface area contributed by atoms with Crippen molar-refractivity contribution in [3.05, 3.63) is 10.4 Å². The first kappa shape index (κ1) is 12.9. The smallest absolute Gasteiger partial charge is 0.148 e. The van der Waals surface area contributed by atoms with Crippen LogP contribution in [0.3, 0.4) is 0 Å². The molecule has 2 N–H and O–H groups in total. The van der Waals surface area contributed by atoms with Crippen molar-refractivity contribution >= 4 is 33.7 Å². The molecule has 1 aliphatic rings. The van der Waals surface area contributed by atoms with Crippen molar-refractivity contribution in [1.82, 2.24) is 9.36 Å². The minimum Gasteiger partial charge on any atom is -0.382 e. The number of thiazole rings is 1. The highest BCUT2D eigenvalue weighted by atomic mass is 32.1. The molecule has 0 spiro atoms. The average Bonchev–Trinajstić information content (AvgIpc) is 2.98. The predicted octanol–water partition coefficient (Wildman–Crippen LogP) is 3.39. The van der Waals surface area contributed by atoms with Crippen LogP contribution >= 0.6 is 22.9 Å². The first-order valence-electron chi connectivity index (χ1n) is 6.39. The van der Waals surface area contributed by atoms with Crippen molar-refractivity contribution < 1.29 is 0 Å². The standard InChI is InChI=1S/C13H18N4S2/c1-8-15-9(6-18-8)10-11(14)16-19-12(10)17-5-4-13(2,3)7-17/h6H,4-5,7H2,1-3H3,(H2,14,16). The highest BCUT2D eigenvalue weighted by Crippen LogP contribution is 2.43. The maximum Gasteiger partial charge on any atom is 0.148 e. The number of anilines is 2. The summed E-state index contributed by atoms with van der Waals surface area (Å²) in [6.07, 6.45) is 1.21. The Labute approximate surface area is 121 Å². The highest BCUT2D eigenvalue weighted by Gasteiger charge is 2.32. The van der Waals surface area contributed by atoms with E-state index in [9.17, 15) is 0 Å². The predicted molar refractivity (Wildman–Crippen MR) is 83.0 cm³/mol. The molecule has 0 aliphatic carbocycles. The summed E-state index contributed by atoms with van der Waals surface area (Å²) in [5.41, 5.74) is 8.41. The van der Waals surface area contributed by atoms with Crippen molar-refractivity contribution in [2.45, 2.75) is 27.2 Å². The summed E-state index contributed by atoms with van der Waals surface area (Å²) >= 11 is 3.15. The van der Waals surface area contributed by atoms with Crippen molar-refractivity contribution in [1.29, 1.82) is 0 Å². The van der Waals surface area contributed by atoms with Crippen LogP contribution < -0.4 is 10.6 Å². The Morgan fingerprint density at radius 2 is 2.21 bits per heavy atom. The Morgan fingerprint density at radius 1 is 1.42 bits per heavy atom. The van der Waals surface area contributed by atoms with E-state index in [1.807, 2.05) is 6.92 Å². The van der Waals surface area contributed by atoms with Gasteiger partial charge in [0, 0.05) is 18.5 Å². The molecular weight excluding hydrogens is 276 g/mol. The lowest BCUT2D eigenvalue weighted by molar-refractivity contribution is 0.419. The van der Waals surface area contributed by atoms with Gasteiger partial charge < -0.3 is 10.6 Å². The maximum atomic E-state index is 6.06. The molecule has 6 heteroatoms. The van der Waals surface area contributed by atoms with Crippen LogP contribution in [-0.4, -0.2) is 22.4 Å². The summed E-state index contributed by atoms with van der Waals surface area (Å²) in [6.45, 7) is 8.77. The first-order chi connectivity index (χ1) is 8.96. The minimum absolute atomic E-state index is 0.369. The molecule has 0 aromatic carbocycles. The SMILES string of the molecule is Cc1nc(-c2c(N)nsc2N2CCC(C)(C)C2)cs1. The molecule has 0 atom stereocenters. The maximum absolute atomic E-state index is 6.06. The van der Waals surface area contributed by atoms with Crippen LogP contribution in [-0.2, 0) is 0 Å². The van der Waals surface area contributed by atoms with E-state index >= 15 is 0 Å². The van der Waals surface area contributed by atoms with Crippen molar-refractivity contribution in [3.8, 4) is 11.3 Å². The van der Waals surface area contributed by atoms with Crippen LogP contribution in [0.25, 0.3) is 11.3 Å². The molecular formula is C13H18N4S2. The van der Waals surface area contributed by atoms with Crippen LogP contribution in [0.4, 0.5) is 10.8 Å². The number of hydrogen-bond acceptors (Lipinski definition) is 6. The van der Waals surface area contributed by atoms with E-state index in [4.69, 9.17) is 5.73 Å². The fraction of sp³-hybridized carbons (Fsp3) is 0.538. The summed E-state index contributed by atoms with van der Waals surface area (Å²) < 4.78 is 4.34. The van der Waals surface area contributed by atoms with Gasteiger partial charge in [-0.2, -0.15) is 4.37 Å². The zero-order valence-electron chi connectivity index (χ0n) is 11.4. The van der Waals surface area contributed by atoms with Crippen molar-refractivity contribution in [2.24, 2.45) is 5.41 Å². The molecule has 1 fully saturated rings. The van der Waals surface area contributed by atoms with Crippen molar-refractivity contribution in [2.75, 3.05) is 23.7 Å². The molecule has 19 heavy (non-hydrogen) atoms. The molecule has 0 bridgehead atoms. The Morgan fingerprint density at radius 3 is 2.79 bits per heavy atom. The Balaban J connectivity index is 2.00. The van der Waals surface area contributed by atoms with Gasteiger partial charge in [0.2, 0.25) is 0 Å². The Hall–Kier alpha value is -1.14. The molecule has 3 heterocycles. The third-order valence-electron chi connectivity index (χ3n) is 3.54. The number of aromatic nitrogens is 2. The molecule has 2 aromatic rings. The van der Waals surface area contributed by atoms with Gasteiger partial charge in [-0.25, -0.2) is 4.98 Å². The quantitative estimate of drug-likeness (QED) is 0.922. The van der Waals surface area contributed by atoms with Crippen molar-refractivity contribution in [3.63, 3.8) is 0 Å². The van der Waals surface area contributed by atoms with E-state index in [0.29, 0.717) is 11.2 Å². The Bertz CT molecular complexity index is 600. The van der Waals surface area contributed by atoms with Gasteiger partial charge in [-0.1, -0.05) is 13.8 Å². The summed E-state index contributed by atoms with van der Waals surface area (Å²) in [5, 5.41) is 4.31. The lowest BCUT2D eigenvalue weighted by Crippen LogP contribution is -2.22. The molecule has 1 saturated heterocycles. The molecule has 0 amide bonds. The second-order valence-electron chi connectivity index (χ2n) is 5.84. The Kier molecular flexibility index (Phi) is 3.02. The van der Waals surface area contributed by atoms with E-state index in [2.05, 4.69) is 33.5 Å². The van der Waals surface area contributed by atoms with Gasteiger partial charge in [-0.05, 0) is 30.3 Å². The molecule has 102 valence electrons. The number of nitrogens with zero attached hydrogens (tertiary/aromatic N) is 3. The van der Waals surface area contributed by atoms with Gasteiger partial charge in [0.15, 0.2) is 0 Å². The monoisotopic (exact) mass is 294 g/mol. The van der Waals surface area contributed by atoms with Gasteiger partial charge in [0.25, 0.3) is 0 Å². The average molecular weight is 294 g/mol. The zero-order valence-corrected chi connectivity index (χ0v) is 13.1. The second kappa shape index (κ2) is 4.45. The van der Waals surface area contributed by atoms with E-state index in [1.54, 1.807) is 11.3 Å². The number of nitrogen functional groups attached to an aromatic ring is 1. The van der Waals surface area contributed by atoms with E-state index in [0.717, 1.165) is 29.4 Å². The van der Waals surface area contributed by atoms with Gasteiger partial charge in [0.05, 0.1) is 16.3 Å². The summed E-state index contributed by atoms with van der Waals surface area (Å²) in [6, 6.07) is 0. The second-order valence-corrected chi connectivity index (χ2v) is 7.65. The van der Waals surface area contributed by atoms with Crippen LogP contribution in [0.5, 0.6) is 0 Å². The van der Waals surface area contributed by atoms with Gasteiger partial charge in [0.1, 0.15) is 10.8 Å². The largest absolute Gasteiger partial charge is 0.382 e. The van der Waals surface area contributed by atoms with Gasteiger partial charge in [-0.15, -0.1) is 11.3 Å². The fourth-order valence-corrected chi connectivity index (χ4v) is 3.97. The molecule has 2 aromatic heterocycles. The normalized spacial score (nSPS) is 18.2. The minimum atomic E-state index is 0.369. The molecule has 0 unspecified atom stereocenters. The number of rotatable bonds is 2.